The topological polar surface area (TPSA) is 297 Å². The van der Waals surface area contributed by atoms with E-state index in [1.165, 1.54) is 0 Å². The van der Waals surface area contributed by atoms with E-state index in [0.29, 0.717) is 25.7 Å². The van der Waals surface area contributed by atoms with Gasteiger partial charge in [-0.05, 0) is 76.2 Å². The Bertz CT molecular complexity index is 1150. The minimum Gasteiger partial charge on any atom is -0.461 e. The van der Waals surface area contributed by atoms with Gasteiger partial charge in [-0.15, -0.1) is 0 Å². The summed E-state index contributed by atoms with van der Waals surface area (Å²) in [5.41, 5.74) is 17.1. The van der Waals surface area contributed by atoms with Gasteiger partial charge in [0.15, 0.2) is 0 Å². The summed E-state index contributed by atoms with van der Waals surface area (Å²) >= 11 is 0. The van der Waals surface area contributed by atoms with Crippen LogP contribution in [0.2, 0.25) is 0 Å². The number of rotatable bonds is 19. The van der Waals surface area contributed by atoms with Crippen molar-refractivity contribution >= 4 is 39.1 Å². The van der Waals surface area contributed by atoms with Gasteiger partial charge in [-0.3, -0.25) is 37.4 Å². The smallest absolute Gasteiger partial charge is 0.374 e. The zero-order valence-corrected chi connectivity index (χ0v) is 31.0. The summed E-state index contributed by atoms with van der Waals surface area (Å²) < 4.78 is 56.6. The predicted octanol–water partition coefficient (Wildman–Crippen LogP) is 1.95. The molecule has 0 aliphatic heterocycles. The Hall–Kier alpha value is -1.98. The molecule has 0 heterocycles. The van der Waals surface area contributed by atoms with E-state index in [9.17, 15) is 43.2 Å². The van der Waals surface area contributed by atoms with Gasteiger partial charge in [0.25, 0.3) is 5.08 Å². The Kier molecular flexibility index (Phi) is 17.4. The SMILES string of the molecule is CC(C)[C@H](N)C(=O)OC1CCC(C(=O)OCOP(=O)(O)C(O)(CCCN)P(=O)(O)OCOC(=O)C2CCC(OC(=O)[C@@H](N)C(C)C)CC2)CC1. The molecule has 0 aromatic heterocycles. The maximum Gasteiger partial charge on any atom is 0.374 e. The number of aliphatic hydroxyl groups is 1. The zero-order chi connectivity index (χ0) is 37.9. The van der Waals surface area contributed by atoms with Crippen molar-refractivity contribution in [2.45, 2.75) is 121 Å². The summed E-state index contributed by atoms with van der Waals surface area (Å²) in [7, 11) is -11.0. The van der Waals surface area contributed by atoms with E-state index >= 15 is 0 Å². The number of carbonyl (C=O) groups is 4. The van der Waals surface area contributed by atoms with Crippen LogP contribution in [-0.2, 0) is 56.3 Å². The molecule has 9 N–H and O–H groups in total. The van der Waals surface area contributed by atoms with Gasteiger partial charge in [0.05, 0.1) is 11.8 Å². The van der Waals surface area contributed by atoms with Crippen molar-refractivity contribution in [3.63, 3.8) is 0 Å². The molecule has 2 aliphatic rings. The van der Waals surface area contributed by atoms with Crippen LogP contribution < -0.4 is 17.2 Å². The molecule has 2 saturated carbocycles. The van der Waals surface area contributed by atoms with Gasteiger partial charge < -0.3 is 51.0 Å². The number of hydrogen-bond acceptors (Lipinski definition) is 16. The quantitative estimate of drug-likeness (QED) is 0.0474. The summed E-state index contributed by atoms with van der Waals surface area (Å²) in [6.45, 7) is 4.71. The van der Waals surface area contributed by atoms with Gasteiger partial charge in [-0.2, -0.15) is 0 Å². The molecule has 2 rings (SSSR count). The number of nitrogens with two attached hydrogens (primary N) is 3. The molecule has 18 nitrogen and oxygen atoms in total. The zero-order valence-electron chi connectivity index (χ0n) is 29.2. The van der Waals surface area contributed by atoms with Crippen LogP contribution in [0, 0.1) is 23.7 Å². The molecule has 0 radical (unpaired) electrons. The van der Waals surface area contributed by atoms with E-state index in [-0.39, 0.29) is 50.5 Å². The summed E-state index contributed by atoms with van der Waals surface area (Å²) in [5, 5.41) is 7.64. The third kappa shape index (κ3) is 12.3. The standard InChI is InChI=1S/C30H55N3O15P2/c1-18(2)24(32)28(36)47-22-10-6-20(7-11-22)26(34)43-16-45-49(39,40)30(38,14-5-15-31)50(41,42)46-17-44-27(35)21-8-12-23(13-9-21)48-29(37)25(33)19(3)4/h18-25,38H,5-17,31-33H2,1-4H3,(H,39,40)(H,41,42)/t20?,21?,22?,23?,24-,25-,30?/m0/s1. The van der Waals surface area contributed by atoms with Crippen LogP contribution in [0.5, 0.6) is 0 Å². The summed E-state index contributed by atoms with van der Waals surface area (Å²) in [6, 6.07) is -1.54. The molecule has 2 unspecified atom stereocenters. The molecule has 290 valence electrons. The maximum atomic E-state index is 13.2. The highest BCUT2D eigenvalue weighted by Crippen LogP contribution is 2.73. The van der Waals surface area contributed by atoms with E-state index in [4.69, 9.17) is 45.2 Å². The van der Waals surface area contributed by atoms with Crippen molar-refractivity contribution in [1.82, 2.24) is 0 Å². The Morgan fingerprint density at radius 1 is 0.700 bits per heavy atom. The minimum atomic E-state index is -5.50. The third-order valence-electron chi connectivity index (χ3n) is 9.04. The third-order valence-corrected chi connectivity index (χ3v) is 13.7. The molecule has 50 heavy (non-hydrogen) atoms. The first kappa shape index (κ1) is 44.2. The van der Waals surface area contributed by atoms with Gasteiger partial charge in [0.1, 0.15) is 24.3 Å². The first-order chi connectivity index (χ1) is 23.3. The lowest BCUT2D eigenvalue weighted by atomic mass is 9.87. The second kappa shape index (κ2) is 19.7. The van der Waals surface area contributed by atoms with Gasteiger partial charge >= 0.3 is 39.1 Å². The summed E-state index contributed by atoms with van der Waals surface area (Å²) in [6.07, 6.45) is 0.644. The molecule has 0 spiro atoms. The molecule has 0 amide bonds. The van der Waals surface area contributed by atoms with Crippen LogP contribution in [0.3, 0.4) is 0 Å². The van der Waals surface area contributed by atoms with Crippen LogP contribution in [0.4, 0.5) is 0 Å². The first-order valence-corrected chi connectivity index (χ1v) is 20.0. The number of carbonyl (C=O) groups excluding carboxylic acids is 4. The van der Waals surface area contributed by atoms with E-state index in [0.717, 1.165) is 0 Å². The first-order valence-electron chi connectivity index (χ1n) is 16.9. The van der Waals surface area contributed by atoms with Crippen LogP contribution in [-0.4, -0.2) is 88.3 Å². The van der Waals surface area contributed by atoms with Crippen LogP contribution >= 0.6 is 15.2 Å². The lowest BCUT2D eigenvalue weighted by Gasteiger charge is -2.34. The summed E-state index contributed by atoms with van der Waals surface area (Å²) in [5.74, 6) is -4.14. The van der Waals surface area contributed by atoms with E-state index in [2.05, 4.69) is 0 Å². The van der Waals surface area contributed by atoms with Gasteiger partial charge in [-0.25, -0.2) is 0 Å². The largest absolute Gasteiger partial charge is 0.461 e. The molecule has 4 atom stereocenters. The Morgan fingerprint density at radius 2 is 1.04 bits per heavy atom. The fourth-order valence-electron chi connectivity index (χ4n) is 5.40. The Morgan fingerprint density at radius 3 is 1.34 bits per heavy atom. The molecule has 0 saturated heterocycles. The molecular formula is C30H55N3O15P2. The van der Waals surface area contributed by atoms with Gasteiger partial charge in [0.2, 0.25) is 13.6 Å². The van der Waals surface area contributed by atoms with Crippen molar-refractivity contribution in [2.24, 2.45) is 40.9 Å². The molecule has 2 aliphatic carbocycles. The molecule has 2 fully saturated rings. The lowest BCUT2D eigenvalue weighted by molar-refractivity contribution is -0.161. The van der Waals surface area contributed by atoms with Crippen molar-refractivity contribution in [3.05, 3.63) is 0 Å². The molecule has 0 aromatic rings. The Balaban J connectivity index is 1.87. The lowest BCUT2D eigenvalue weighted by Crippen LogP contribution is -2.40. The van der Waals surface area contributed by atoms with Crippen molar-refractivity contribution in [3.8, 4) is 0 Å². The van der Waals surface area contributed by atoms with Crippen molar-refractivity contribution in [1.29, 1.82) is 0 Å². The normalized spacial score (nSPS) is 26.1. The van der Waals surface area contributed by atoms with Crippen LogP contribution in [0.15, 0.2) is 0 Å². The number of ether oxygens (including phenoxy) is 4. The molecule has 20 heteroatoms. The second-order valence-electron chi connectivity index (χ2n) is 13.5. The van der Waals surface area contributed by atoms with Crippen LogP contribution in [0.1, 0.15) is 91.9 Å². The number of esters is 4. The van der Waals surface area contributed by atoms with Crippen molar-refractivity contribution in [2.75, 3.05) is 20.1 Å². The monoisotopic (exact) mass is 759 g/mol. The van der Waals surface area contributed by atoms with Gasteiger partial charge in [-0.1, -0.05) is 27.7 Å². The molecule has 0 aromatic carbocycles. The average Bonchev–Trinajstić information content (AvgIpc) is 3.06. The summed E-state index contributed by atoms with van der Waals surface area (Å²) in [4.78, 5) is 70.7. The highest BCUT2D eigenvalue weighted by Gasteiger charge is 2.62. The molecular weight excluding hydrogens is 704 g/mol. The highest BCUT2D eigenvalue weighted by atomic mass is 31.2. The van der Waals surface area contributed by atoms with E-state index in [1.807, 2.05) is 0 Å². The van der Waals surface area contributed by atoms with Gasteiger partial charge in [0, 0.05) is 6.42 Å². The highest BCUT2D eigenvalue weighted by molar-refractivity contribution is 7.72. The average molecular weight is 760 g/mol. The van der Waals surface area contributed by atoms with Crippen molar-refractivity contribution < 1.29 is 71.2 Å². The van der Waals surface area contributed by atoms with Crippen LogP contribution in [0.25, 0.3) is 0 Å². The fourth-order valence-corrected chi connectivity index (χ4v) is 8.71. The van der Waals surface area contributed by atoms with E-state index in [1.54, 1.807) is 27.7 Å². The minimum absolute atomic E-state index is 0.106. The predicted molar refractivity (Wildman–Crippen MR) is 176 cm³/mol. The number of hydrogen-bond donors (Lipinski definition) is 6. The molecule has 0 bridgehead atoms. The maximum absolute atomic E-state index is 13.2. The second-order valence-corrected chi connectivity index (χ2v) is 17.9. The fraction of sp³-hybridized carbons (Fsp3) is 0.867. The Labute approximate surface area is 292 Å². The van der Waals surface area contributed by atoms with E-state index < -0.39 is 100 Å².